The van der Waals surface area contributed by atoms with Crippen molar-refractivity contribution in [1.82, 2.24) is 14.6 Å². The molecule has 2 aromatic rings. The fraction of sp³-hybridized carbons (Fsp3) is 0. The smallest absolute Gasteiger partial charge is 0.258 e. The molecule has 0 spiro atoms. The van der Waals surface area contributed by atoms with Crippen molar-refractivity contribution >= 4 is 34.5 Å². The van der Waals surface area contributed by atoms with E-state index >= 15 is 0 Å². The molecule has 8 heteroatoms. The third-order valence-electron chi connectivity index (χ3n) is 1.57. The third kappa shape index (κ3) is 1.28. The maximum absolute atomic E-state index is 10.6. The van der Waals surface area contributed by atoms with E-state index in [9.17, 15) is 10.1 Å². The molecule has 0 saturated heterocycles. The average molecular weight is 233 g/mol. The highest BCUT2D eigenvalue weighted by Crippen LogP contribution is 2.27. The Morgan fingerprint density at radius 1 is 1.50 bits per heavy atom. The molecule has 0 saturated carbocycles. The van der Waals surface area contributed by atoms with Gasteiger partial charge in [0.15, 0.2) is 0 Å². The summed E-state index contributed by atoms with van der Waals surface area (Å²) in [6.45, 7) is 0. The minimum atomic E-state index is -0.645. The monoisotopic (exact) mass is 232 g/mol. The van der Waals surface area contributed by atoms with E-state index in [1.165, 1.54) is 16.8 Å². The van der Waals surface area contributed by atoms with Crippen molar-refractivity contribution in [2.24, 2.45) is 0 Å². The molecular weight excluding hydrogens is 231 g/mol. The molecule has 0 amide bonds. The van der Waals surface area contributed by atoms with Crippen LogP contribution in [0.25, 0.3) is 5.65 Å². The molecule has 2 heterocycles. The summed E-state index contributed by atoms with van der Waals surface area (Å²) < 4.78 is 1.20. The second-order valence-electron chi connectivity index (χ2n) is 2.41. The molecule has 0 aliphatic heterocycles. The van der Waals surface area contributed by atoms with E-state index in [1.54, 1.807) is 0 Å². The van der Waals surface area contributed by atoms with E-state index in [1.807, 2.05) is 0 Å². The van der Waals surface area contributed by atoms with E-state index in [4.69, 9.17) is 23.2 Å². The number of halogens is 2. The third-order valence-corrected chi connectivity index (χ3v) is 2.03. The van der Waals surface area contributed by atoms with Gasteiger partial charge >= 0.3 is 5.69 Å². The number of nitro groups is 1. The van der Waals surface area contributed by atoms with Gasteiger partial charge in [-0.25, -0.2) is 9.50 Å². The van der Waals surface area contributed by atoms with Gasteiger partial charge in [0.05, 0.1) is 4.92 Å². The highest BCUT2D eigenvalue weighted by atomic mass is 35.5. The highest BCUT2D eigenvalue weighted by molar-refractivity contribution is 6.32. The first-order chi connectivity index (χ1) is 6.59. The van der Waals surface area contributed by atoms with Gasteiger partial charge in [-0.2, -0.15) is 0 Å². The lowest BCUT2D eigenvalue weighted by molar-refractivity contribution is -0.383. The lowest BCUT2D eigenvalue weighted by Gasteiger charge is -1.91. The van der Waals surface area contributed by atoms with Crippen molar-refractivity contribution in [3.05, 3.63) is 32.7 Å². The van der Waals surface area contributed by atoms with Crippen LogP contribution >= 0.6 is 23.2 Å². The lowest BCUT2D eigenvalue weighted by atomic mass is 10.5. The van der Waals surface area contributed by atoms with Gasteiger partial charge in [0, 0.05) is 6.20 Å². The molecule has 2 rings (SSSR count). The van der Waals surface area contributed by atoms with E-state index in [-0.39, 0.29) is 21.6 Å². The van der Waals surface area contributed by atoms with Crippen molar-refractivity contribution in [3.63, 3.8) is 0 Å². The Labute approximate surface area is 87.2 Å². The maximum atomic E-state index is 10.6. The zero-order valence-corrected chi connectivity index (χ0v) is 8.03. The van der Waals surface area contributed by atoms with Crippen LogP contribution in [0, 0.1) is 10.1 Å². The van der Waals surface area contributed by atoms with Crippen LogP contribution < -0.4 is 0 Å². The summed E-state index contributed by atoms with van der Waals surface area (Å²) >= 11 is 11.1. The summed E-state index contributed by atoms with van der Waals surface area (Å²) in [6.07, 6.45) is 1.45. The van der Waals surface area contributed by atoms with E-state index in [0.717, 1.165) is 0 Å². The SMILES string of the molecule is O=[N+]([O-])c1c(Cl)nn2ccc(Cl)nc12. The number of hydrogen-bond donors (Lipinski definition) is 0. The van der Waals surface area contributed by atoms with Crippen molar-refractivity contribution in [3.8, 4) is 0 Å². The Kier molecular flexibility index (Phi) is 2.01. The van der Waals surface area contributed by atoms with Gasteiger partial charge in [0.25, 0.3) is 0 Å². The standard InChI is InChI=1S/C6H2Cl2N4O2/c7-3-1-2-11-6(9-3)4(12(13)14)5(8)10-11/h1-2H. The predicted molar refractivity (Wildman–Crippen MR) is 49.7 cm³/mol. The zero-order valence-electron chi connectivity index (χ0n) is 6.52. The van der Waals surface area contributed by atoms with Crippen molar-refractivity contribution in [1.29, 1.82) is 0 Å². The predicted octanol–water partition coefficient (Wildman–Crippen LogP) is 1.94. The molecule has 0 bridgehead atoms. The van der Waals surface area contributed by atoms with E-state index in [2.05, 4.69) is 10.1 Å². The molecule has 6 nitrogen and oxygen atoms in total. The average Bonchev–Trinajstić information content (AvgIpc) is 2.40. The summed E-state index contributed by atoms with van der Waals surface area (Å²) in [7, 11) is 0. The molecule has 0 N–H and O–H groups in total. The van der Waals surface area contributed by atoms with E-state index < -0.39 is 4.92 Å². The van der Waals surface area contributed by atoms with Gasteiger partial charge in [-0.15, -0.1) is 5.10 Å². The van der Waals surface area contributed by atoms with Crippen LogP contribution in [0.3, 0.4) is 0 Å². The van der Waals surface area contributed by atoms with Crippen LogP contribution in [0.5, 0.6) is 0 Å². The number of aromatic nitrogens is 3. The van der Waals surface area contributed by atoms with Gasteiger partial charge in [-0.3, -0.25) is 10.1 Å². The topological polar surface area (TPSA) is 73.3 Å². The van der Waals surface area contributed by atoms with Gasteiger partial charge in [0.1, 0.15) is 5.15 Å². The Morgan fingerprint density at radius 3 is 2.86 bits per heavy atom. The summed E-state index contributed by atoms with van der Waals surface area (Å²) in [5.41, 5.74) is -0.304. The Hall–Kier alpha value is -1.40. The number of fused-ring (bicyclic) bond motifs is 1. The first kappa shape index (κ1) is 9.17. The molecule has 0 aromatic carbocycles. The molecule has 72 valence electrons. The van der Waals surface area contributed by atoms with Crippen LogP contribution in [0.2, 0.25) is 10.3 Å². The second kappa shape index (κ2) is 3.07. The van der Waals surface area contributed by atoms with Gasteiger partial charge in [-0.05, 0) is 6.07 Å². The molecule has 0 aliphatic rings. The molecule has 0 atom stereocenters. The zero-order chi connectivity index (χ0) is 10.3. The van der Waals surface area contributed by atoms with Crippen molar-refractivity contribution in [2.45, 2.75) is 0 Å². The molecular formula is C6H2Cl2N4O2. The minimum absolute atomic E-state index is 0.0347. The van der Waals surface area contributed by atoms with Gasteiger partial charge < -0.3 is 0 Å². The largest absolute Gasteiger partial charge is 0.352 e. The summed E-state index contributed by atoms with van der Waals surface area (Å²) in [6, 6.07) is 1.46. The molecule has 0 radical (unpaired) electrons. The minimum Gasteiger partial charge on any atom is -0.258 e. The Bertz CT molecular complexity index is 524. The fourth-order valence-electron chi connectivity index (χ4n) is 1.03. The Balaban J connectivity index is 2.86. The van der Waals surface area contributed by atoms with E-state index in [0.29, 0.717) is 0 Å². The van der Waals surface area contributed by atoms with Crippen molar-refractivity contribution < 1.29 is 4.92 Å². The van der Waals surface area contributed by atoms with Crippen LogP contribution in [0.1, 0.15) is 0 Å². The fourth-order valence-corrected chi connectivity index (χ4v) is 1.40. The molecule has 2 aromatic heterocycles. The Morgan fingerprint density at radius 2 is 2.21 bits per heavy atom. The first-order valence-corrected chi connectivity index (χ1v) is 4.20. The first-order valence-electron chi connectivity index (χ1n) is 3.44. The lowest BCUT2D eigenvalue weighted by Crippen LogP contribution is -1.91. The summed E-state index contributed by atoms with van der Waals surface area (Å²) in [5.74, 6) is 0. The molecule has 0 unspecified atom stereocenters. The molecule has 14 heavy (non-hydrogen) atoms. The molecule has 0 fully saturated rings. The van der Waals surface area contributed by atoms with Crippen molar-refractivity contribution in [2.75, 3.05) is 0 Å². The molecule has 0 aliphatic carbocycles. The highest BCUT2D eigenvalue weighted by Gasteiger charge is 2.23. The second-order valence-corrected chi connectivity index (χ2v) is 3.16. The van der Waals surface area contributed by atoms with Crippen LogP contribution in [0.15, 0.2) is 12.3 Å². The number of rotatable bonds is 1. The van der Waals surface area contributed by atoms with Crippen LogP contribution in [-0.4, -0.2) is 19.5 Å². The summed E-state index contributed by atoms with van der Waals surface area (Å²) in [4.78, 5) is 13.7. The van der Waals surface area contributed by atoms with Gasteiger partial charge in [-0.1, -0.05) is 23.2 Å². The van der Waals surface area contributed by atoms with Crippen LogP contribution in [0.4, 0.5) is 5.69 Å². The normalized spacial score (nSPS) is 10.7. The number of nitrogens with zero attached hydrogens (tertiary/aromatic N) is 4. The van der Waals surface area contributed by atoms with Gasteiger partial charge in [0.2, 0.25) is 10.8 Å². The summed E-state index contributed by atoms with van der Waals surface area (Å²) in [5, 5.41) is 14.2. The quantitative estimate of drug-likeness (QED) is 0.428. The maximum Gasteiger partial charge on any atom is 0.352 e. The number of hydrogen-bond acceptors (Lipinski definition) is 4. The van der Waals surface area contributed by atoms with Crippen LogP contribution in [-0.2, 0) is 0 Å².